The van der Waals surface area contributed by atoms with E-state index in [-0.39, 0.29) is 18.9 Å². The van der Waals surface area contributed by atoms with Gasteiger partial charge in [0.15, 0.2) is 0 Å². The quantitative estimate of drug-likeness (QED) is 0.509. The Hall–Kier alpha value is -1.14. The van der Waals surface area contributed by atoms with Gasteiger partial charge in [-0.25, -0.2) is 4.79 Å². The van der Waals surface area contributed by atoms with Crippen LogP contribution in [-0.2, 0) is 9.59 Å². The zero-order valence-electron chi connectivity index (χ0n) is 10.7. The van der Waals surface area contributed by atoms with Crippen molar-refractivity contribution in [3.05, 3.63) is 0 Å². The topological polar surface area (TPSA) is 98.7 Å². The van der Waals surface area contributed by atoms with Crippen LogP contribution < -0.4 is 10.6 Å². The second kappa shape index (κ2) is 6.70. The molecule has 0 radical (unpaired) electrons. The van der Waals surface area contributed by atoms with E-state index in [9.17, 15) is 9.59 Å². The Labute approximate surface area is 107 Å². The monoisotopic (exact) mass is 258 g/mol. The summed E-state index contributed by atoms with van der Waals surface area (Å²) in [7, 11) is 0. The van der Waals surface area contributed by atoms with Crippen molar-refractivity contribution in [2.24, 2.45) is 0 Å². The van der Waals surface area contributed by atoms with Crippen molar-refractivity contribution in [1.82, 2.24) is 10.6 Å². The third kappa shape index (κ3) is 3.43. The predicted octanol–water partition coefficient (Wildman–Crippen LogP) is -0.139. The fourth-order valence-electron chi connectivity index (χ4n) is 2.44. The van der Waals surface area contributed by atoms with E-state index in [1.54, 1.807) is 0 Å². The molecule has 4 N–H and O–H groups in total. The maximum atomic E-state index is 12.2. The highest BCUT2D eigenvalue weighted by Gasteiger charge is 2.41. The highest BCUT2D eigenvalue weighted by Crippen LogP contribution is 2.25. The van der Waals surface area contributed by atoms with E-state index < -0.39 is 17.6 Å². The molecule has 0 saturated carbocycles. The number of nitrogens with one attached hydrogen (secondary N) is 2. The number of carbonyl (C=O) groups is 2. The number of hydrogen-bond donors (Lipinski definition) is 4. The van der Waals surface area contributed by atoms with E-state index in [2.05, 4.69) is 10.6 Å². The van der Waals surface area contributed by atoms with Gasteiger partial charge in [-0.05, 0) is 25.8 Å². The molecule has 1 rings (SSSR count). The lowest BCUT2D eigenvalue weighted by Crippen LogP contribution is -2.57. The van der Waals surface area contributed by atoms with Gasteiger partial charge < -0.3 is 20.8 Å². The Balaban J connectivity index is 2.68. The lowest BCUT2D eigenvalue weighted by molar-refractivity contribution is -0.143. The molecule has 0 aromatic rings. The summed E-state index contributed by atoms with van der Waals surface area (Å²) in [6, 6.07) is -1.02. The standard InChI is InChI=1S/C12H22N2O4/c1-2-5-12(6-3-7-13-12)11(18)14-9(4-8-15)10(16)17/h9,13,15H,2-8H2,1H3,(H,14,18)(H,16,17)/t9-,12?/m1/s1. The third-order valence-electron chi connectivity index (χ3n) is 3.38. The summed E-state index contributed by atoms with van der Waals surface area (Å²) in [4.78, 5) is 23.2. The lowest BCUT2D eigenvalue weighted by atomic mass is 9.90. The first-order valence-electron chi connectivity index (χ1n) is 6.45. The van der Waals surface area contributed by atoms with Gasteiger partial charge in [0, 0.05) is 13.0 Å². The molecule has 1 aliphatic rings. The van der Waals surface area contributed by atoms with Gasteiger partial charge in [-0.1, -0.05) is 13.3 Å². The summed E-state index contributed by atoms with van der Waals surface area (Å²) < 4.78 is 0. The van der Waals surface area contributed by atoms with Crippen molar-refractivity contribution in [2.45, 2.75) is 50.6 Å². The Morgan fingerprint density at radius 2 is 2.22 bits per heavy atom. The molecule has 1 saturated heterocycles. The van der Waals surface area contributed by atoms with Crippen LogP contribution in [0.1, 0.15) is 39.0 Å². The van der Waals surface area contributed by atoms with Gasteiger partial charge in [0.05, 0.1) is 5.54 Å². The molecule has 1 heterocycles. The van der Waals surface area contributed by atoms with Crippen LogP contribution in [-0.4, -0.2) is 46.8 Å². The first-order valence-corrected chi connectivity index (χ1v) is 6.45. The Kier molecular flexibility index (Phi) is 5.55. The number of rotatable bonds is 7. The summed E-state index contributed by atoms with van der Waals surface area (Å²) in [5.74, 6) is -1.37. The maximum Gasteiger partial charge on any atom is 0.326 e. The van der Waals surface area contributed by atoms with Crippen LogP contribution in [0.25, 0.3) is 0 Å². The number of aliphatic hydroxyl groups excluding tert-OH is 1. The van der Waals surface area contributed by atoms with Gasteiger partial charge >= 0.3 is 5.97 Å². The molecule has 1 aliphatic heterocycles. The largest absolute Gasteiger partial charge is 0.480 e. The Morgan fingerprint density at radius 1 is 1.50 bits per heavy atom. The van der Waals surface area contributed by atoms with Crippen LogP contribution in [0.3, 0.4) is 0 Å². The first-order chi connectivity index (χ1) is 8.55. The van der Waals surface area contributed by atoms with Gasteiger partial charge in [0.1, 0.15) is 6.04 Å². The van der Waals surface area contributed by atoms with Gasteiger partial charge in [-0.2, -0.15) is 0 Å². The van der Waals surface area contributed by atoms with Crippen molar-refractivity contribution in [2.75, 3.05) is 13.2 Å². The molecule has 0 bridgehead atoms. The summed E-state index contributed by atoms with van der Waals surface area (Å²) in [5, 5.41) is 23.5. The minimum Gasteiger partial charge on any atom is -0.480 e. The average Bonchev–Trinajstić information content (AvgIpc) is 2.78. The van der Waals surface area contributed by atoms with E-state index >= 15 is 0 Å². The van der Waals surface area contributed by atoms with Crippen molar-refractivity contribution in [3.8, 4) is 0 Å². The second-order valence-corrected chi connectivity index (χ2v) is 4.74. The Bertz CT molecular complexity index is 300. The summed E-state index contributed by atoms with van der Waals surface area (Å²) >= 11 is 0. The van der Waals surface area contributed by atoms with Crippen LogP contribution in [0.5, 0.6) is 0 Å². The molecule has 1 fully saturated rings. The van der Waals surface area contributed by atoms with Crippen molar-refractivity contribution < 1.29 is 19.8 Å². The van der Waals surface area contributed by atoms with E-state index in [0.717, 1.165) is 25.8 Å². The molecule has 0 spiro atoms. The molecule has 0 aromatic heterocycles. The van der Waals surface area contributed by atoms with E-state index in [1.807, 2.05) is 6.92 Å². The number of hydrogen-bond acceptors (Lipinski definition) is 4. The fraction of sp³-hybridized carbons (Fsp3) is 0.833. The highest BCUT2D eigenvalue weighted by atomic mass is 16.4. The number of aliphatic hydroxyl groups is 1. The predicted molar refractivity (Wildman–Crippen MR) is 66.1 cm³/mol. The zero-order chi connectivity index (χ0) is 13.6. The van der Waals surface area contributed by atoms with Crippen LogP contribution in [0, 0.1) is 0 Å². The smallest absolute Gasteiger partial charge is 0.326 e. The van der Waals surface area contributed by atoms with Crippen molar-refractivity contribution in [3.63, 3.8) is 0 Å². The van der Waals surface area contributed by atoms with Crippen molar-refractivity contribution >= 4 is 11.9 Å². The minimum absolute atomic E-state index is 0.0310. The van der Waals surface area contributed by atoms with E-state index in [4.69, 9.17) is 10.2 Å². The van der Waals surface area contributed by atoms with Crippen LogP contribution in [0.15, 0.2) is 0 Å². The molecule has 0 aromatic carbocycles. The normalized spacial score (nSPS) is 24.8. The van der Waals surface area contributed by atoms with Crippen molar-refractivity contribution in [1.29, 1.82) is 0 Å². The van der Waals surface area contributed by atoms with Crippen LogP contribution >= 0.6 is 0 Å². The SMILES string of the molecule is CCCC1(C(=O)N[C@H](CCO)C(=O)O)CCCN1. The van der Waals surface area contributed by atoms with E-state index in [0.29, 0.717) is 6.42 Å². The van der Waals surface area contributed by atoms with Gasteiger partial charge in [0.25, 0.3) is 0 Å². The molecule has 6 nitrogen and oxygen atoms in total. The number of amides is 1. The molecule has 1 amide bonds. The zero-order valence-corrected chi connectivity index (χ0v) is 10.7. The molecule has 104 valence electrons. The number of carboxylic acids is 1. The molecule has 6 heteroatoms. The average molecular weight is 258 g/mol. The summed E-state index contributed by atoms with van der Waals surface area (Å²) in [5.41, 5.74) is -0.627. The summed E-state index contributed by atoms with van der Waals surface area (Å²) in [6.07, 6.45) is 3.25. The highest BCUT2D eigenvalue weighted by molar-refractivity contribution is 5.90. The number of carboxylic acid groups (broad SMARTS) is 1. The number of carbonyl (C=O) groups excluding carboxylic acids is 1. The third-order valence-corrected chi connectivity index (χ3v) is 3.38. The molecular formula is C12H22N2O4. The fourth-order valence-corrected chi connectivity index (χ4v) is 2.44. The number of aliphatic carboxylic acids is 1. The summed E-state index contributed by atoms with van der Waals surface area (Å²) in [6.45, 7) is 2.52. The van der Waals surface area contributed by atoms with Gasteiger partial charge in [0.2, 0.25) is 5.91 Å². The second-order valence-electron chi connectivity index (χ2n) is 4.74. The van der Waals surface area contributed by atoms with Crippen LogP contribution in [0.4, 0.5) is 0 Å². The van der Waals surface area contributed by atoms with Gasteiger partial charge in [-0.15, -0.1) is 0 Å². The minimum atomic E-state index is -1.11. The Morgan fingerprint density at radius 3 is 2.67 bits per heavy atom. The lowest BCUT2D eigenvalue weighted by Gasteiger charge is -2.29. The van der Waals surface area contributed by atoms with E-state index in [1.165, 1.54) is 0 Å². The molecule has 2 atom stereocenters. The molecule has 0 aliphatic carbocycles. The molecular weight excluding hydrogens is 236 g/mol. The van der Waals surface area contributed by atoms with Gasteiger partial charge in [-0.3, -0.25) is 4.79 Å². The van der Waals surface area contributed by atoms with Crippen LogP contribution in [0.2, 0.25) is 0 Å². The molecule has 18 heavy (non-hydrogen) atoms. The molecule has 1 unspecified atom stereocenters. The first kappa shape index (κ1) is 14.9. The maximum absolute atomic E-state index is 12.2.